The Morgan fingerprint density at radius 1 is 1.12 bits per heavy atom. The molecule has 1 atom stereocenters. The van der Waals surface area contributed by atoms with Crippen LogP contribution in [0.25, 0.3) is 0 Å². The molecule has 0 spiro atoms. The van der Waals surface area contributed by atoms with Gasteiger partial charge in [0.05, 0.1) is 27.9 Å². The van der Waals surface area contributed by atoms with E-state index in [1.54, 1.807) is 21.3 Å². The van der Waals surface area contributed by atoms with Crippen LogP contribution in [0.15, 0.2) is 12.1 Å². The fourth-order valence-electron chi connectivity index (χ4n) is 3.52. The number of amides is 1. The Bertz CT molecular complexity index is 616. The molecule has 0 saturated heterocycles. The molecule has 0 aliphatic heterocycles. The standard InChI is InChI=1S/C20H30N2O4/c1-13(15-5-6-15)22(16-7-8-16)12-19(23)21-11-14-9-17(24-2)20(26-4)18(10-14)25-3/h9-10,13,15-16H,5-8,11-12H2,1-4H3,(H,21,23). The summed E-state index contributed by atoms with van der Waals surface area (Å²) in [4.78, 5) is 14.9. The molecule has 6 heteroatoms. The van der Waals surface area contributed by atoms with Crippen molar-refractivity contribution >= 4 is 5.91 Å². The normalized spacial score (nSPS) is 17.7. The van der Waals surface area contributed by atoms with Crippen molar-refractivity contribution < 1.29 is 19.0 Å². The maximum Gasteiger partial charge on any atom is 0.234 e. The number of benzene rings is 1. The van der Waals surface area contributed by atoms with Crippen molar-refractivity contribution in [1.29, 1.82) is 0 Å². The molecular formula is C20H30N2O4. The van der Waals surface area contributed by atoms with E-state index in [1.165, 1.54) is 25.7 Å². The van der Waals surface area contributed by atoms with E-state index in [4.69, 9.17) is 14.2 Å². The Morgan fingerprint density at radius 2 is 1.73 bits per heavy atom. The van der Waals surface area contributed by atoms with Crippen LogP contribution in [0.3, 0.4) is 0 Å². The number of hydrogen-bond acceptors (Lipinski definition) is 5. The van der Waals surface area contributed by atoms with Crippen LogP contribution < -0.4 is 19.5 Å². The van der Waals surface area contributed by atoms with Gasteiger partial charge >= 0.3 is 0 Å². The fourth-order valence-corrected chi connectivity index (χ4v) is 3.52. The van der Waals surface area contributed by atoms with E-state index in [1.807, 2.05) is 12.1 Å². The van der Waals surface area contributed by atoms with Crippen LogP contribution in [0.4, 0.5) is 0 Å². The molecule has 144 valence electrons. The fraction of sp³-hybridized carbons (Fsp3) is 0.650. The van der Waals surface area contributed by atoms with Crippen LogP contribution in [0.1, 0.15) is 38.2 Å². The molecule has 26 heavy (non-hydrogen) atoms. The highest BCUT2D eigenvalue weighted by molar-refractivity contribution is 5.78. The van der Waals surface area contributed by atoms with Gasteiger partial charge < -0.3 is 19.5 Å². The Kier molecular flexibility index (Phi) is 5.91. The van der Waals surface area contributed by atoms with Crippen LogP contribution >= 0.6 is 0 Å². The Morgan fingerprint density at radius 3 is 2.19 bits per heavy atom. The lowest BCUT2D eigenvalue weighted by molar-refractivity contribution is -0.123. The summed E-state index contributed by atoms with van der Waals surface area (Å²) in [7, 11) is 4.76. The maximum absolute atomic E-state index is 12.5. The van der Waals surface area contributed by atoms with Gasteiger partial charge in [0.1, 0.15) is 0 Å². The average Bonchev–Trinajstić information content (AvgIpc) is 3.55. The minimum absolute atomic E-state index is 0.0677. The van der Waals surface area contributed by atoms with Crippen LogP contribution in [-0.4, -0.2) is 50.8 Å². The van der Waals surface area contributed by atoms with E-state index >= 15 is 0 Å². The number of methoxy groups -OCH3 is 3. The first-order valence-electron chi connectivity index (χ1n) is 9.38. The second kappa shape index (κ2) is 8.16. The summed E-state index contributed by atoms with van der Waals surface area (Å²) in [6.07, 6.45) is 5.04. The van der Waals surface area contributed by atoms with Crippen molar-refractivity contribution in [3.63, 3.8) is 0 Å². The lowest BCUT2D eigenvalue weighted by atomic mass is 10.1. The third kappa shape index (κ3) is 4.41. The number of hydrogen-bond donors (Lipinski definition) is 1. The van der Waals surface area contributed by atoms with Crippen LogP contribution in [0, 0.1) is 5.92 Å². The molecule has 0 bridgehead atoms. The first-order valence-corrected chi connectivity index (χ1v) is 9.38. The van der Waals surface area contributed by atoms with Gasteiger partial charge in [-0.3, -0.25) is 9.69 Å². The third-order valence-corrected chi connectivity index (χ3v) is 5.38. The summed E-state index contributed by atoms with van der Waals surface area (Å²) >= 11 is 0. The van der Waals surface area contributed by atoms with Gasteiger partial charge in [-0.2, -0.15) is 0 Å². The van der Waals surface area contributed by atoms with Crippen LogP contribution in [0.2, 0.25) is 0 Å². The molecule has 1 amide bonds. The highest BCUT2D eigenvalue weighted by Crippen LogP contribution is 2.40. The van der Waals surface area contributed by atoms with Gasteiger partial charge in [-0.15, -0.1) is 0 Å². The summed E-state index contributed by atoms with van der Waals surface area (Å²) in [6, 6.07) is 4.84. The first kappa shape index (κ1) is 18.8. The van der Waals surface area contributed by atoms with Crippen molar-refractivity contribution in [2.24, 2.45) is 5.92 Å². The van der Waals surface area contributed by atoms with Crippen molar-refractivity contribution in [3.05, 3.63) is 17.7 Å². The molecule has 1 aromatic rings. The topological polar surface area (TPSA) is 60.0 Å². The minimum Gasteiger partial charge on any atom is -0.493 e. The molecule has 1 N–H and O–H groups in total. The molecule has 0 radical (unpaired) electrons. The van der Waals surface area contributed by atoms with Crippen molar-refractivity contribution in [2.45, 2.75) is 51.2 Å². The highest BCUT2D eigenvalue weighted by Gasteiger charge is 2.39. The molecule has 2 aliphatic carbocycles. The zero-order chi connectivity index (χ0) is 18.7. The molecule has 0 aromatic heterocycles. The zero-order valence-corrected chi connectivity index (χ0v) is 16.2. The zero-order valence-electron chi connectivity index (χ0n) is 16.2. The molecule has 1 unspecified atom stereocenters. The van der Waals surface area contributed by atoms with E-state index in [0.29, 0.717) is 42.4 Å². The number of ether oxygens (including phenoxy) is 3. The highest BCUT2D eigenvalue weighted by atomic mass is 16.5. The molecule has 3 rings (SSSR count). The quantitative estimate of drug-likeness (QED) is 0.693. The SMILES string of the molecule is COc1cc(CNC(=O)CN(C2CC2)C(C)C2CC2)cc(OC)c1OC. The number of carbonyl (C=O) groups is 1. The molecule has 2 fully saturated rings. The monoisotopic (exact) mass is 362 g/mol. The first-order chi connectivity index (χ1) is 12.6. The number of nitrogens with zero attached hydrogens (tertiary/aromatic N) is 1. The lowest BCUT2D eigenvalue weighted by Crippen LogP contribution is -2.43. The van der Waals surface area contributed by atoms with E-state index in [2.05, 4.69) is 17.1 Å². The minimum atomic E-state index is 0.0677. The lowest BCUT2D eigenvalue weighted by Gasteiger charge is -2.28. The third-order valence-electron chi connectivity index (χ3n) is 5.38. The van der Waals surface area contributed by atoms with Crippen molar-refractivity contribution in [2.75, 3.05) is 27.9 Å². The van der Waals surface area contributed by atoms with E-state index < -0.39 is 0 Å². The second-order valence-electron chi connectivity index (χ2n) is 7.29. The second-order valence-corrected chi connectivity index (χ2v) is 7.29. The van der Waals surface area contributed by atoms with Gasteiger partial charge in [0, 0.05) is 18.6 Å². The molecule has 2 aliphatic rings. The number of nitrogens with one attached hydrogen (secondary N) is 1. The smallest absolute Gasteiger partial charge is 0.234 e. The Hall–Kier alpha value is -1.95. The van der Waals surface area contributed by atoms with Gasteiger partial charge in [-0.05, 0) is 56.2 Å². The summed E-state index contributed by atoms with van der Waals surface area (Å²) in [5.41, 5.74) is 0.918. The molecule has 2 saturated carbocycles. The Balaban J connectivity index is 1.60. The van der Waals surface area contributed by atoms with E-state index in [0.717, 1.165) is 11.5 Å². The van der Waals surface area contributed by atoms with E-state index in [9.17, 15) is 4.79 Å². The average molecular weight is 362 g/mol. The summed E-state index contributed by atoms with van der Waals surface area (Å²) in [6.45, 7) is 3.18. The largest absolute Gasteiger partial charge is 0.493 e. The van der Waals surface area contributed by atoms with Crippen LogP contribution in [-0.2, 0) is 11.3 Å². The summed E-state index contributed by atoms with van der Waals surface area (Å²) < 4.78 is 16.1. The predicted molar refractivity (Wildman–Crippen MR) is 99.9 cm³/mol. The maximum atomic E-state index is 12.5. The van der Waals surface area contributed by atoms with Crippen molar-refractivity contribution in [1.82, 2.24) is 10.2 Å². The Labute approximate surface area is 155 Å². The van der Waals surface area contributed by atoms with Gasteiger partial charge in [-0.25, -0.2) is 0 Å². The van der Waals surface area contributed by atoms with Gasteiger partial charge in [-0.1, -0.05) is 0 Å². The number of carbonyl (C=O) groups excluding carboxylic acids is 1. The molecule has 1 aromatic carbocycles. The summed E-state index contributed by atoms with van der Waals surface area (Å²) in [5, 5.41) is 3.03. The predicted octanol–water partition coefficient (Wildman–Crippen LogP) is 2.59. The van der Waals surface area contributed by atoms with Gasteiger partial charge in [0.15, 0.2) is 11.5 Å². The number of rotatable bonds is 10. The molecule has 0 heterocycles. The van der Waals surface area contributed by atoms with Gasteiger partial charge in [0.2, 0.25) is 11.7 Å². The molecule has 6 nitrogen and oxygen atoms in total. The van der Waals surface area contributed by atoms with Crippen LogP contribution in [0.5, 0.6) is 17.2 Å². The van der Waals surface area contributed by atoms with Crippen molar-refractivity contribution in [3.8, 4) is 17.2 Å². The summed E-state index contributed by atoms with van der Waals surface area (Å²) in [5.74, 6) is 2.59. The molecular weight excluding hydrogens is 332 g/mol. The van der Waals surface area contributed by atoms with E-state index in [-0.39, 0.29) is 5.91 Å². The van der Waals surface area contributed by atoms with Gasteiger partial charge in [0.25, 0.3) is 0 Å².